The standard InChI is InChI=1S/C25H23N5O5S/c1-4-35-24(33)16-10-12-17(13-11-16)26-18(31)14-36-22-19-21(29(2)25(34)30(3)23(19)32)27-20(28-22)15-8-6-5-7-9-15/h5-13H,4,14H2,1-3H3,(H,26,31). The predicted molar refractivity (Wildman–Crippen MR) is 137 cm³/mol. The van der Waals surface area contributed by atoms with Crippen molar-refractivity contribution >= 4 is 40.4 Å². The Bertz CT molecular complexity index is 1560. The van der Waals surface area contributed by atoms with E-state index in [1.807, 2.05) is 30.3 Å². The number of ether oxygens (including phenoxy) is 1. The molecule has 0 bridgehead atoms. The largest absolute Gasteiger partial charge is 0.462 e. The van der Waals surface area contributed by atoms with E-state index in [4.69, 9.17) is 4.74 Å². The first-order valence-corrected chi connectivity index (χ1v) is 12.0. The highest BCUT2D eigenvalue weighted by Crippen LogP contribution is 2.26. The van der Waals surface area contributed by atoms with Crippen LogP contribution in [0.25, 0.3) is 22.4 Å². The molecule has 0 unspecified atom stereocenters. The van der Waals surface area contributed by atoms with E-state index in [9.17, 15) is 19.2 Å². The molecule has 0 radical (unpaired) electrons. The number of carbonyl (C=O) groups excluding carboxylic acids is 2. The number of anilines is 1. The number of nitrogens with one attached hydrogen (secondary N) is 1. The Hall–Kier alpha value is -4.25. The Labute approximate surface area is 210 Å². The molecule has 184 valence electrons. The van der Waals surface area contributed by atoms with E-state index >= 15 is 0 Å². The maximum Gasteiger partial charge on any atom is 0.338 e. The average molecular weight is 506 g/mol. The number of hydrogen-bond donors (Lipinski definition) is 1. The van der Waals surface area contributed by atoms with Crippen molar-refractivity contribution in [2.75, 3.05) is 17.7 Å². The Balaban J connectivity index is 1.63. The summed E-state index contributed by atoms with van der Waals surface area (Å²) in [5.74, 6) is -0.486. The molecule has 0 fully saturated rings. The molecule has 0 atom stereocenters. The lowest BCUT2D eigenvalue weighted by Gasteiger charge is -2.12. The number of aryl methyl sites for hydroxylation is 1. The zero-order valence-electron chi connectivity index (χ0n) is 19.8. The molecule has 0 aliphatic heterocycles. The SMILES string of the molecule is CCOC(=O)c1ccc(NC(=O)CSc2nc(-c3ccccc3)nc3c2c(=O)n(C)c(=O)n3C)cc1. The smallest absolute Gasteiger partial charge is 0.338 e. The fraction of sp³-hybridized carbons (Fsp3) is 0.200. The van der Waals surface area contributed by atoms with Gasteiger partial charge in [0.05, 0.1) is 17.9 Å². The number of esters is 1. The first-order valence-electron chi connectivity index (χ1n) is 11.0. The van der Waals surface area contributed by atoms with Gasteiger partial charge in [0.25, 0.3) is 5.56 Å². The van der Waals surface area contributed by atoms with Gasteiger partial charge in [-0.1, -0.05) is 42.1 Å². The molecule has 36 heavy (non-hydrogen) atoms. The second kappa shape index (κ2) is 10.6. The Morgan fingerprint density at radius 3 is 2.33 bits per heavy atom. The number of nitrogens with zero attached hydrogens (tertiary/aromatic N) is 4. The van der Waals surface area contributed by atoms with Crippen LogP contribution in [-0.2, 0) is 23.6 Å². The molecular formula is C25H23N5O5S. The highest BCUT2D eigenvalue weighted by atomic mass is 32.2. The van der Waals surface area contributed by atoms with E-state index < -0.39 is 17.2 Å². The average Bonchev–Trinajstić information content (AvgIpc) is 2.90. The summed E-state index contributed by atoms with van der Waals surface area (Å²) in [6.07, 6.45) is 0. The molecule has 0 aliphatic rings. The van der Waals surface area contributed by atoms with Gasteiger partial charge in [0.15, 0.2) is 11.5 Å². The molecule has 4 aromatic rings. The van der Waals surface area contributed by atoms with Crippen LogP contribution in [0.3, 0.4) is 0 Å². The van der Waals surface area contributed by atoms with E-state index in [0.717, 1.165) is 16.3 Å². The van der Waals surface area contributed by atoms with E-state index in [1.165, 1.54) is 18.7 Å². The van der Waals surface area contributed by atoms with Gasteiger partial charge in [-0.3, -0.25) is 18.7 Å². The van der Waals surface area contributed by atoms with Gasteiger partial charge in [-0.15, -0.1) is 0 Å². The van der Waals surface area contributed by atoms with Gasteiger partial charge >= 0.3 is 11.7 Å². The monoisotopic (exact) mass is 505 g/mol. The van der Waals surface area contributed by atoms with Crippen molar-refractivity contribution in [2.45, 2.75) is 11.9 Å². The van der Waals surface area contributed by atoms with E-state index in [1.54, 1.807) is 31.2 Å². The molecule has 2 aromatic carbocycles. The number of amides is 1. The van der Waals surface area contributed by atoms with Gasteiger partial charge in [0.2, 0.25) is 5.91 Å². The van der Waals surface area contributed by atoms with Crippen LogP contribution in [0.5, 0.6) is 0 Å². The first kappa shape index (κ1) is 24.9. The van der Waals surface area contributed by atoms with Crippen molar-refractivity contribution in [3.63, 3.8) is 0 Å². The molecule has 11 heteroatoms. The van der Waals surface area contributed by atoms with Crippen LogP contribution < -0.4 is 16.6 Å². The molecule has 4 rings (SSSR count). The van der Waals surface area contributed by atoms with Crippen LogP contribution >= 0.6 is 11.8 Å². The van der Waals surface area contributed by atoms with Crippen LogP contribution in [0.2, 0.25) is 0 Å². The molecule has 10 nitrogen and oxygen atoms in total. The number of aromatic nitrogens is 4. The van der Waals surface area contributed by atoms with Crippen molar-refractivity contribution < 1.29 is 14.3 Å². The summed E-state index contributed by atoms with van der Waals surface area (Å²) in [5, 5.41) is 3.21. The second-order valence-electron chi connectivity index (χ2n) is 7.76. The summed E-state index contributed by atoms with van der Waals surface area (Å²) in [5.41, 5.74) is 0.737. The number of fused-ring (bicyclic) bond motifs is 1. The van der Waals surface area contributed by atoms with Crippen molar-refractivity contribution in [1.82, 2.24) is 19.1 Å². The third-order valence-electron chi connectivity index (χ3n) is 5.32. The molecule has 1 N–H and O–H groups in total. The van der Waals surface area contributed by atoms with Crippen LogP contribution in [0.4, 0.5) is 5.69 Å². The third-order valence-corrected chi connectivity index (χ3v) is 6.29. The normalized spacial score (nSPS) is 10.9. The number of benzene rings is 2. The third kappa shape index (κ3) is 5.05. The number of thioether (sulfide) groups is 1. The van der Waals surface area contributed by atoms with Gasteiger partial charge in [-0.2, -0.15) is 0 Å². The lowest BCUT2D eigenvalue weighted by molar-refractivity contribution is -0.113. The minimum atomic E-state index is -0.537. The summed E-state index contributed by atoms with van der Waals surface area (Å²) >= 11 is 1.07. The van der Waals surface area contributed by atoms with Gasteiger partial charge in [0.1, 0.15) is 10.4 Å². The van der Waals surface area contributed by atoms with Crippen LogP contribution in [0, 0.1) is 0 Å². The topological polar surface area (TPSA) is 125 Å². The van der Waals surface area contributed by atoms with Crippen LogP contribution in [0.15, 0.2) is 69.2 Å². The maximum absolute atomic E-state index is 13.0. The quantitative estimate of drug-likeness (QED) is 0.231. The van der Waals surface area contributed by atoms with Crippen molar-refractivity contribution in [3.05, 3.63) is 81.0 Å². The molecule has 2 aromatic heterocycles. The summed E-state index contributed by atoms with van der Waals surface area (Å²) in [6, 6.07) is 15.5. The first-order chi connectivity index (χ1) is 17.3. The highest BCUT2D eigenvalue weighted by molar-refractivity contribution is 8.00. The molecule has 0 spiro atoms. The molecule has 2 heterocycles. The summed E-state index contributed by atoms with van der Waals surface area (Å²) in [6.45, 7) is 2.00. The van der Waals surface area contributed by atoms with Gasteiger partial charge in [0, 0.05) is 25.3 Å². The van der Waals surface area contributed by atoms with Gasteiger partial charge < -0.3 is 10.1 Å². The summed E-state index contributed by atoms with van der Waals surface area (Å²) < 4.78 is 7.24. The number of rotatable bonds is 7. The van der Waals surface area contributed by atoms with Crippen molar-refractivity contribution in [2.24, 2.45) is 14.1 Å². The lowest BCUT2D eigenvalue weighted by atomic mass is 10.2. The van der Waals surface area contributed by atoms with Gasteiger partial charge in [-0.05, 0) is 31.2 Å². The van der Waals surface area contributed by atoms with Crippen LogP contribution in [-0.4, -0.2) is 43.3 Å². The number of hydrogen-bond acceptors (Lipinski definition) is 8. The molecule has 0 saturated heterocycles. The van der Waals surface area contributed by atoms with Gasteiger partial charge in [-0.25, -0.2) is 19.6 Å². The second-order valence-corrected chi connectivity index (χ2v) is 8.72. The Kier molecular flexibility index (Phi) is 7.30. The highest BCUT2D eigenvalue weighted by Gasteiger charge is 2.19. The molecule has 1 amide bonds. The predicted octanol–water partition coefficient (Wildman–Crippen LogP) is 2.60. The fourth-order valence-electron chi connectivity index (χ4n) is 3.48. The summed E-state index contributed by atoms with van der Waals surface area (Å²) in [7, 11) is 2.92. The van der Waals surface area contributed by atoms with Crippen molar-refractivity contribution in [3.8, 4) is 11.4 Å². The van der Waals surface area contributed by atoms with Crippen LogP contribution in [0.1, 0.15) is 17.3 Å². The number of carbonyl (C=O) groups is 2. The zero-order valence-corrected chi connectivity index (χ0v) is 20.7. The van der Waals surface area contributed by atoms with Crippen molar-refractivity contribution in [1.29, 1.82) is 0 Å². The lowest BCUT2D eigenvalue weighted by Crippen LogP contribution is -2.37. The maximum atomic E-state index is 13.0. The van der Waals surface area contributed by atoms with E-state index in [-0.39, 0.29) is 29.3 Å². The summed E-state index contributed by atoms with van der Waals surface area (Å²) in [4.78, 5) is 59.0. The molecular weight excluding hydrogens is 482 g/mol. The zero-order chi connectivity index (χ0) is 25.8. The minimum Gasteiger partial charge on any atom is -0.462 e. The molecule has 0 saturated carbocycles. The van der Waals surface area contributed by atoms with E-state index in [0.29, 0.717) is 27.7 Å². The molecule has 0 aliphatic carbocycles. The minimum absolute atomic E-state index is 0.0496. The van der Waals surface area contributed by atoms with E-state index in [2.05, 4.69) is 15.3 Å². The fourth-order valence-corrected chi connectivity index (χ4v) is 4.30. The Morgan fingerprint density at radius 1 is 0.972 bits per heavy atom. The Morgan fingerprint density at radius 2 is 1.67 bits per heavy atom.